The van der Waals surface area contributed by atoms with Gasteiger partial charge in [-0.2, -0.15) is 5.26 Å². The fourth-order valence-electron chi connectivity index (χ4n) is 3.94. The number of nitrogens with one attached hydrogen (secondary N) is 1. The SMILES string of the molecule is Cc1ncc(C(=O)Nc2cncc(C(C)(C)C#N)c2)cc1-c1cc(N2CCOCC2)c(=O)n(C)c1. The van der Waals surface area contributed by atoms with E-state index in [0.717, 1.165) is 16.8 Å². The molecule has 0 saturated carbocycles. The Hall–Kier alpha value is -4.03. The van der Waals surface area contributed by atoms with Crippen LogP contribution in [0.25, 0.3) is 11.1 Å². The standard InChI is InChI=1S/C26H28N6O3/c1-17-22(19-10-23(25(34)31(4)15-19)32-5-7-35-8-6-32)9-18(12-29-17)24(33)30-21-11-20(13-28-14-21)26(2,3)16-27/h9-15H,5-8H2,1-4H3,(H,30,33). The van der Waals surface area contributed by atoms with Gasteiger partial charge in [0, 0.05) is 55.5 Å². The minimum absolute atomic E-state index is 0.0807. The monoisotopic (exact) mass is 472 g/mol. The number of nitrogens with zero attached hydrogens (tertiary/aromatic N) is 5. The minimum atomic E-state index is -0.728. The summed E-state index contributed by atoms with van der Waals surface area (Å²) in [7, 11) is 1.72. The number of hydrogen-bond donors (Lipinski definition) is 1. The van der Waals surface area contributed by atoms with Crippen LogP contribution in [0, 0.1) is 18.3 Å². The number of carbonyl (C=O) groups is 1. The number of anilines is 2. The maximum atomic E-state index is 13.1. The van der Waals surface area contributed by atoms with Crippen LogP contribution in [0.15, 0.2) is 47.8 Å². The highest BCUT2D eigenvalue weighted by molar-refractivity contribution is 6.04. The first-order valence-corrected chi connectivity index (χ1v) is 11.4. The van der Waals surface area contributed by atoms with E-state index in [-0.39, 0.29) is 11.5 Å². The van der Waals surface area contributed by atoms with E-state index in [1.54, 1.807) is 56.2 Å². The van der Waals surface area contributed by atoms with E-state index in [0.29, 0.717) is 48.8 Å². The molecule has 0 atom stereocenters. The smallest absolute Gasteiger partial charge is 0.273 e. The lowest BCUT2D eigenvalue weighted by Gasteiger charge is -2.28. The molecular weight excluding hydrogens is 444 g/mol. The summed E-state index contributed by atoms with van der Waals surface area (Å²) < 4.78 is 6.98. The molecule has 1 amide bonds. The Morgan fingerprint density at radius 1 is 1.17 bits per heavy atom. The number of aryl methyl sites for hydroxylation is 2. The molecule has 1 aliphatic rings. The second-order valence-corrected chi connectivity index (χ2v) is 9.14. The molecule has 3 aromatic heterocycles. The van der Waals surface area contributed by atoms with E-state index in [2.05, 4.69) is 21.4 Å². The lowest BCUT2D eigenvalue weighted by Crippen LogP contribution is -2.40. The summed E-state index contributed by atoms with van der Waals surface area (Å²) in [5.41, 5.74) is 3.68. The van der Waals surface area contributed by atoms with Crippen LogP contribution >= 0.6 is 0 Å². The third kappa shape index (κ3) is 5.08. The zero-order valence-corrected chi connectivity index (χ0v) is 20.3. The number of amides is 1. The first kappa shape index (κ1) is 24.1. The van der Waals surface area contributed by atoms with E-state index >= 15 is 0 Å². The third-order valence-corrected chi connectivity index (χ3v) is 6.17. The Kier molecular flexibility index (Phi) is 6.67. The molecule has 35 heavy (non-hydrogen) atoms. The molecule has 1 saturated heterocycles. The van der Waals surface area contributed by atoms with Crippen molar-refractivity contribution in [3.63, 3.8) is 0 Å². The van der Waals surface area contributed by atoms with Crippen molar-refractivity contribution in [2.24, 2.45) is 7.05 Å². The molecule has 0 radical (unpaired) electrons. The Morgan fingerprint density at radius 3 is 2.63 bits per heavy atom. The van der Waals surface area contributed by atoms with E-state index in [9.17, 15) is 14.9 Å². The normalized spacial score (nSPS) is 13.9. The number of hydrogen-bond acceptors (Lipinski definition) is 7. The van der Waals surface area contributed by atoms with E-state index in [1.807, 2.05) is 17.9 Å². The average Bonchev–Trinajstić information content (AvgIpc) is 2.86. The molecule has 4 rings (SSSR count). The summed E-state index contributed by atoms with van der Waals surface area (Å²) in [6.45, 7) is 7.90. The fourth-order valence-corrected chi connectivity index (χ4v) is 3.94. The molecule has 0 bridgehead atoms. The summed E-state index contributed by atoms with van der Waals surface area (Å²) >= 11 is 0. The minimum Gasteiger partial charge on any atom is -0.378 e. The van der Waals surface area contributed by atoms with E-state index in [4.69, 9.17) is 4.74 Å². The Morgan fingerprint density at radius 2 is 1.91 bits per heavy atom. The molecule has 9 heteroatoms. The largest absolute Gasteiger partial charge is 0.378 e. The van der Waals surface area contributed by atoms with Gasteiger partial charge in [0.2, 0.25) is 0 Å². The molecule has 0 aliphatic carbocycles. The van der Waals surface area contributed by atoms with Crippen LogP contribution in [0.1, 0.15) is 35.5 Å². The lowest BCUT2D eigenvalue weighted by molar-refractivity contribution is 0.102. The van der Waals surface area contributed by atoms with Crippen LogP contribution in [0.5, 0.6) is 0 Å². The summed E-state index contributed by atoms with van der Waals surface area (Å²) in [5.74, 6) is -0.342. The maximum Gasteiger partial charge on any atom is 0.273 e. The summed E-state index contributed by atoms with van der Waals surface area (Å²) in [4.78, 5) is 36.5. The Balaban J connectivity index is 1.66. The van der Waals surface area contributed by atoms with Crippen molar-refractivity contribution in [3.8, 4) is 17.2 Å². The number of ether oxygens (including phenoxy) is 1. The van der Waals surface area contributed by atoms with E-state index in [1.165, 1.54) is 6.20 Å². The molecule has 0 spiro atoms. The fraction of sp³-hybridized carbons (Fsp3) is 0.346. The van der Waals surface area contributed by atoms with Gasteiger partial charge in [-0.1, -0.05) is 0 Å². The van der Waals surface area contributed by atoms with Crippen LogP contribution in [0.3, 0.4) is 0 Å². The Labute approximate surface area is 204 Å². The van der Waals surface area contributed by atoms with Gasteiger partial charge in [-0.15, -0.1) is 0 Å². The van der Waals surface area contributed by atoms with Crippen molar-refractivity contribution >= 4 is 17.3 Å². The van der Waals surface area contributed by atoms with E-state index < -0.39 is 5.41 Å². The highest BCUT2D eigenvalue weighted by Crippen LogP contribution is 2.27. The number of pyridine rings is 3. The van der Waals surface area contributed by atoms with Gasteiger partial charge in [0.15, 0.2) is 0 Å². The van der Waals surface area contributed by atoms with Crippen LogP contribution in [0.4, 0.5) is 11.4 Å². The van der Waals surface area contributed by atoms with Crippen molar-refractivity contribution in [2.75, 3.05) is 36.5 Å². The van der Waals surface area contributed by atoms with Crippen molar-refractivity contribution < 1.29 is 9.53 Å². The lowest BCUT2D eigenvalue weighted by atomic mass is 9.87. The van der Waals surface area contributed by atoms with Crippen LogP contribution in [-0.2, 0) is 17.2 Å². The summed E-state index contributed by atoms with van der Waals surface area (Å²) in [6.07, 6.45) is 6.44. The van der Waals surface area contributed by atoms with Crippen LogP contribution < -0.4 is 15.8 Å². The zero-order chi connectivity index (χ0) is 25.2. The Bertz CT molecular complexity index is 1370. The van der Waals surface area contributed by atoms with Crippen LogP contribution in [-0.4, -0.2) is 46.7 Å². The molecule has 4 heterocycles. The van der Waals surface area contributed by atoms with Gasteiger partial charge in [0.1, 0.15) is 5.69 Å². The van der Waals surface area contributed by atoms with Gasteiger partial charge in [0.05, 0.1) is 42.1 Å². The molecule has 1 aliphatic heterocycles. The quantitative estimate of drug-likeness (QED) is 0.607. The average molecular weight is 473 g/mol. The van der Waals surface area contributed by atoms with Crippen LogP contribution in [0.2, 0.25) is 0 Å². The molecule has 3 aromatic rings. The van der Waals surface area contributed by atoms with Gasteiger partial charge < -0.3 is 19.5 Å². The maximum absolute atomic E-state index is 13.1. The molecular formula is C26H28N6O3. The predicted octanol–water partition coefficient (Wildman–Crippen LogP) is 3.04. The first-order chi connectivity index (χ1) is 16.7. The van der Waals surface area contributed by atoms with Crippen molar-refractivity contribution in [2.45, 2.75) is 26.2 Å². The molecule has 1 fully saturated rings. The molecule has 0 aromatic carbocycles. The highest BCUT2D eigenvalue weighted by atomic mass is 16.5. The van der Waals surface area contributed by atoms with Gasteiger partial charge in [-0.05, 0) is 44.5 Å². The van der Waals surface area contributed by atoms with Gasteiger partial charge in [-0.25, -0.2) is 0 Å². The number of rotatable bonds is 5. The van der Waals surface area contributed by atoms with Gasteiger partial charge >= 0.3 is 0 Å². The molecule has 0 unspecified atom stereocenters. The summed E-state index contributed by atoms with van der Waals surface area (Å²) in [5, 5.41) is 12.2. The molecule has 9 nitrogen and oxygen atoms in total. The third-order valence-electron chi connectivity index (χ3n) is 6.17. The van der Waals surface area contributed by atoms with Gasteiger partial charge in [0.25, 0.3) is 11.5 Å². The number of aromatic nitrogens is 3. The van der Waals surface area contributed by atoms with Gasteiger partial charge in [-0.3, -0.25) is 19.6 Å². The number of carbonyl (C=O) groups excluding carboxylic acids is 1. The second kappa shape index (κ2) is 9.68. The van der Waals surface area contributed by atoms with Crippen molar-refractivity contribution in [1.82, 2.24) is 14.5 Å². The topological polar surface area (TPSA) is 113 Å². The zero-order valence-electron chi connectivity index (χ0n) is 20.3. The number of morpholine rings is 1. The molecule has 1 N–H and O–H groups in total. The second-order valence-electron chi connectivity index (χ2n) is 9.14. The van der Waals surface area contributed by atoms with Crippen molar-refractivity contribution in [3.05, 3.63) is 70.2 Å². The molecule has 180 valence electrons. The number of nitriles is 1. The first-order valence-electron chi connectivity index (χ1n) is 11.4. The van der Waals surface area contributed by atoms with Crippen molar-refractivity contribution in [1.29, 1.82) is 5.26 Å². The highest BCUT2D eigenvalue weighted by Gasteiger charge is 2.21. The summed E-state index contributed by atoms with van der Waals surface area (Å²) in [6, 6.07) is 7.62. The predicted molar refractivity (Wildman–Crippen MR) is 134 cm³/mol.